The molecule has 1 N–H and O–H groups in total. The number of hydrogen-bond acceptors (Lipinski definition) is 5. The highest BCUT2D eigenvalue weighted by Crippen LogP contribution is 2.18. The second kappa shape index (κ2) is 10.3. The smallest absolute Gasteiger partial charge is 0.254 e. The van der Waals surface area contributed by atoms with Crippen LogP contribution in [0.25, 0.3) is 0 Å². The van der Waals surface area contributed by atoms with Crippen LogP contribution in [0, 0.1) is 12.7 Å². The maximum atomic E-state index is 13.8. The summed E-state index contributed by atoms with van der Waals surface area (Å²) in [4.78, 5) is 39.5. The van der Waals surface area contributed by atoms with E-state index in [1.165, 1.54) is 49.2 Å². The first-order valence-electron chi connectivity index (χ1n) is 10.7. The summed E-state index contributed by atoms with van der Waals surface area (Å²) < 4.78 is 40.4. The lowest BCUT2D eigenvalue weighted by Gasteiger charge is -2.35. The molecule has 0 aromatic heterocycles. The fourth-order valence-electron chi connectivity index (χ4n) is 3.54. The monoisotopic (exact) mass is 490 g/mol. The van der Waals surface area contributed by atoms with Gasteiger partial charge in [-0.05, 0) is 48.9 Å². The molecule has 3 amide bonds. The number of sulfonamides is 1. The molecule has 0 unspecified atom stereocenters. The van der Waals surface area contributed by atoms with Crippen molar-refractivity contribution in [3.05, 3.63) is 59.4 Å². The molecule has 0 bridgehead atoms. The van der Waals surface area contributed by atoms with Crippen LogP contribution >= 0.6 is 0 Å². The molecule has 9 nitrogen and oxygen atoms in total. The fraction of sp³-hybridized carbons (Fsp3) is 0.348. The molecule has 182 valence electrons. The van der Waals surface area contributed by atoms with Gasteiger partial charge in [-0.25, -0.2) is 12.8 Å². The molecule has 1 heterocycles. The van der Waals surface area contributed by atoms with Crippen molar-refractivity contribution in [2.45, 2.75) is 18.7 Å². The fourth-order valence-corrected chi connectivity index (χ4v) is 4.66. The third-order valence-corrected chi connectivity index (χ3v) is 7.40. The van der Waals surface area contributed by atoms with Gasteiger partial charge in [0.2, 0.25) is 21.8 Å². The van der Waals surface area contributed by atoms with Crippen molar-refractivity contribution in [3.63, 3.8) is 0 Å². The molecule has 0 spiro atoms. The van der Waals surface area contributed by atoms with Crippen molar-refractivity contribution < 1.29 is 27.2 Å². The Morgan fingerprint density at radius 2 is 1.59 bits per heavy atom. The minimum absolute atomic E-state index is 0.00218. The second-order valence-corrected chi connectivity index (χ2v) is 10.1. The molecule has 3 rings (SSSR count). The first kappa shape index (κ1) is 25.3. The summed E-state index contributed by atoms with van der Waals surface area (Å²) in [6, 6.07) is 9.99. The molecule has 1 fully saturated rings. The van der Waals surface area contributed by atoms with Crippen LogP contribution in [0.2, 0.25) is 0 Å². The van der Waals surface area contributed by atoms with Crippen LogP contribution in [0.1, 0.15) is 22.8 Å². The van der Waals surface area contributed by atoms with E-state index in [2.05, 4.69) is 5.32 Å². The largest absolute Gasteiger partial charge is 0.338 e. The first-order chi connectivity index (χ1) is 16.0. The van der Waals surface area contributed by atoms with Crippen LogP contribution in [0.3, 0.4) is 0 Å². The predicted octanol–water partition coefficient (Wildman–Crippen LogP) is 1.70. The topological polar surface area (TPSA) is 107 Å². The van der Waals surface area contributed by atoms with E-state index in [1.807, 2.05) is 0 Å². The van der Waals surface area contributed by atoms with Gasteiger partial charge in [-0.1, -0.05) is 6.07 Å². The molecule has 34 heavy (non-hydrogen) atoms. The predicted molar refractivity (Wildman–Crippen MR) is 124 cm³/mol. The van der Waals surface area contributed by atoms with Gasteiger partial charge in [0.05, 0.1) is 11.4 Å². The van der Waals surface area contributed by atoms with Crippen LogP contribution in [-0.2, 0) is 19.6 Å². The Kier molecular flexibility index (Phi) is 7.68. The van der Waals surface area contributed by atoms with E-state index in [0.29, 0.717) is 11.3 Å². The Morgan fingerprint density at radius 3 is 2.15 bits per heavy atom. The zero-order valence-electron chi connectivity index (χ0n) is 19.2. The molecule has 1 saturated heterocycles. The molecule has 1 aliphatic rings. The van der Waals surface area contributed by atoms with E-state index in [1.54, 1.807) is 24.0 Å². The normalized spacial score (nSPS) is 14.3. The van der Waals surface area contributed by atoms with Gasteiger partial charge in [0.1, 0.15) is 5.82 Å². The lowest BCUT2D eigenvalue weighted by atomic mass is 10.1. The number of amides is 3. The molecular weight excluding hydrogens is 463 g/mol. The van der Waals surface area contributed by atoms with Crippen LogP contribution in [0.4, 0.5) is 10.1 Å². The van der Waals surface area contributed by atoms with E-state index >= 15 is 0 Å². The molecule has 0 radical (unpaired) electrons. The number of carbonyl (C=O) groups is 3. The van der Waals surface area contributed by atoms with Gasteiger partial charge in [-0.3, -0.25) is 14.4 Å². The van der Waals surface area contributed by atoms with Crippen molar-refractivity contribution in [2.75, 3.05) is 45.1 Å². The van der Waals surface area contributed by atoms with Crippen LogP contribution in [0.15, 0.2) is 47.4 Å². The SMILES string of the molecule is CC(=O)Nc1ccc(S(=O)(=O)N(C)CC(=O)N2CCN(C(=O)c3ccc(C)c(F)c3)CC2)cc1. The molecule has 0 atom stereocenters. The summed E-state index contributed by atoms with van der Waals surface area (Å²) in [6.07, 6.45) is 0. The zero-order chi connectivity index (χ0) is 25.0. The molecular formula is C23H27FN4O5S. The third kappa shape index (κ3) is 5.78. The molecule has 1 aliphatic heterocycles. The molecule has 11 heteroatoms. The maximum absolute atomic E-state index is 13.8. The number of nitrogens with one attached hydrogen (secondary N) is 1. The van der Waals surface area contributed by atoms with E-state index in [9.17, 15) is 27.2 Å². The molecule has 0 saturated carbocycles. The van der Waals surface area contributed by atoms with Crippen molar-refractivity contribution in [1.29, 1.82) is 0 Å². The van der Waals surface area contributed by atoms with Gasteiger partial charge in [-0.2, -0.15) is 4.31 Å². The van der Waals surface area contributed by atoms with E-state index in [-0.39, 0.29) is 60.9 Å². The Bertz CT molecular complexity index is 1190. The van der Waals surface area contributed by atoms with E-state index in [0.717, 1.165) is 4.31 Å². The number of halogens is 1. The summed E-state index contributed by atoms with van der Waals surface area (Å²) in [7, 11) is -2.59. The van der Waals surface area contributed by atoms with Gasteiger partial charge >= 0.3 is 0 Å². The molecule has 2 aromatic rings. The Morgan fingerprint density at radius 1 is 1.00 bits per heavy atom. The quantitative estimate of drug-likeness (QED) is 0.663. The number of likely N-dealkylation sites (N-methyl/N-ethyl adjacent to an activating group) is 1. The number of aryl methyl sites for hydroxylation is 1. The number of nitrogens with zero attached hydrogens (tertiary/aromatic N) is 3. The standard InChI is InChI=1S/C23H27FN4O5S/c1-16-4-5-18(14-21(16)24)23(31)28-12-10-27(11-13-28)22(30)15-26(3)34(32,33)20-8-6-19(7-9-20)25-17(2)29/h4-9,14H,10-13,15H2,1-3H3,(H,25,29). The number of benzene rings is 2. The van der Waals surface area contributed by atoms with Crippen molar-refractivity contribution >= 4 is 33.4 Å². The maximum Gasteiger partial charge on any atom is 0.254 e. The number of hydrogen-bond donors (Lipinski definition) is 1. The molecule has 0 aliphatic carbocycles. The van der Waals surface area contributed by atoms with Gasteiger partial charge in [0.25, 0.3) is 5.91 Å². The lowest BCUT2D eigenvalue weighted by Crippen LogP contribution is -2.52. The van der Waals surface area contributed by atoms with Crippen molar-refractivity contribution in [3.8, 4) is 0 Å². The lowest BCUT2D eigenvalue weighted by molar-refractivity contribution is -0.132. The zero-order valence-corrected chi connectivity index (χ0v) is 20.1. The second-order valence-electron chi connectivity index (χ2n) is 8.10. The summed E-state index contributed by atoms with van der Waals surface area (Å²) in [5.74, 6) is -1.41. The van der Waals surface area contributed by atoms with Gasteiger partial charge < -0.3 is 15.1 Å². The highest BCUT2D eigenvalue weighted by atomic mass is 32.2. The Labute approximate surface area is 198 Å². The van der Waals surface area contributed by atoms with E-state index < -0.39 is 15.8 Å². The van der Waals surface area contributed by atoms with Crippen molar-refractivity contribution in [1.82, 2.24) is 14.1 Å². The summed E-state index contributed by atoms with van der Waals surface area (Å²) >= 11 is 0. The Balaban J connectivity index is 1.57. The van der Waals surface area contributed by atoms with Crippen molar-refractivity contribution in [2.24, 2.45) is 0 Å². The summed E-state index contributed by atoms with van der Waals surface area (Å²) in [5.41, 5.74) is 1.17. The van der Waals surface area contributed by atoms with Crippen LogP contribution in [0.5, 0.6) is 0 Å². The average Bonchev–Trinajstić information content (AvgIpc) is 2.80. The minimum Gasteiger partial charge on any atom is -0.338 e. The van der Waals surface area contributed by atoms with Gasteiger partial charge in [0.15, 0.2) is 0 Å². The number of rotatable bonds is 6. The van der Waals surface area contributed by atoms with Gasteiger partial charge in [-0.15, -0.1) is 0 Å². The minimum atomic E-state index is -3.91. The first-order valence-corrected chi connectivity index (χ1v) is 12.1. The summed E-state index contributed by atoms with van der Waals surface area (Å²) in [5, 5.41) is 2.56. The van der Waals surface area contributed by atoms with E-state index in [4.69, 9.17) is 0 Å². The third-order valence-electron chi connectivity index (χ3n) is 5.58. The highest BCUT2D eigenvalue weighted by molar-refractivity contribution is 7.89. The number of anilines is 1. The van der Waals surface area contributed by atoms with Gasteiger partial charge in [0, 0.05) is 51.4 Å². The number of piperazine rings is 1. The van der Waals surface area contributed by atoms with Crippen LogP contribution < -0.4 is 5.32 Å². The highest BCUT2D eigenvalue weighted by Gasteiger charge is 2.29. The van der Waals surface area contributed by atoms with Crippen LogP contribution in [-0.4, -0.2) is 80.0 Å². The molecule has 2 aromatic carbocycles. The number of carbonyl (C=O) groups excluding carboxylic acids is 3. The Hall–Kier alpha value is -3.31. The summed E-state index contributed by atoms with van der Waals surface area (Å²) in [6.45, 7) is 3.64. The average molecular weight is 491 g/mol.